The second-order valence-electron chi connectivity index (χ2n) is 5.60. The van der Waals surface area contributed by atoms with Crippen LogP contribution in [0, 0.1) is 0 Å². The first-order chi connectivity index (χ1) is 12.7. The zero-order valence-electron chi connectivity index (χ0n) is 14.3. The van der Waals surface area contributed by atoms with Gasteiger partial charge in [0.1, 0.15) is 11.5 Å². The van der Waals surface area contributed by atoms with Crippen LogP contribution in [0.15, 0.2) is 65.8 Å². The zero-order valence-corrected chi connectivity index (χ0v) is 14.3. The number of amides is 1. The number of rotatable bonds is 6. The Labute approximate surface area is 151 Å². The van der Waals surface area contributed by atoms with Crippen molar-refractivity contribution in [2.75, 3.05) is 19.0 Å². The Morgan fingerprint density at radius 3 is 2.77 bits per heavy atom. The summed E-state index contributed by atoms with van der Waals surface area (Å²) in [4.78, 5) is 12.0. The van der Waals surface area contributed by atoms with Crippen LogP contribution in [-0.2, 0) is 4.79 Å². The molecule has 6 heteroatoms. The van der Waals surface area contributed by atoms with Gasteiger partial charge in [-0.2, -0.15) is 5.10 Å². The van der Waals surface area contributed by atoms with Gasteiger partial charge in [-0.15, -0.1) is 0 Å². The number of fused-ring (bicyclic) bond motifs is 1. The minimum absolute atomic E-state index is 0.0243. The van der Waals surface area contributed by atoms with Crippen LogP contribution >= 0.6 is 0 Å². The molecule has 0 aromatic heterocycles. The molecule has 0 radical (unpaired) electrons. The fraction of sp³-hybridized carbons (Fsp3) is 0.100. The van der Waals surface area contributed by atoms with E-state index < -0.39 is 0 Å². The molecule has 0 fully saturated rings. The molecule has 0 bridgehead atoms. The van der Waals surface area contributed by atoms with E-state index in [-0.39, 0.29) is 18.2 Å². The standard InChI is InChI=1S/C20H19N3O3/c1-26-16-10-9-15(19(24)11-16)12-22-23-20(25)13-21-18-8-4-6-14-5-2-3-7-17(14)18/h2-12,21,24H,13H2,1H3,(H,23,25)/b22-12-. The highest BCUT2D eigenvalue weighted by atomic mass is 16.5. The lowest BCUT2D eigenvalue weighted by atomic mass is 10.1. The molecule has 0 aliphatic heterocycles. The van der Waals surface area contributed by atoms with Crippen LogP contribution in [0.4, 0.5) is 5.69 Å². The summed E-state index contributed by atoms with van der Waals surface area (Å²) in [5.41, 5.74) is 3.79. The molecule has 0 aliphatic carbocycles. The summed E-state index contributed by atoms with van der Waals surface area (Å²) < 4.78 is 5.01. The average Bonchev–Trinajstić information content (AvgIpc) is 2.67. The molecule has 3 rings (SSSR count). The number of hydrazone groups is 1. The van der Waals surface area contributed by atoms with E-state index in [9.17, 15) is 9.90 Å². The lowest BCUT2D eigenvalue weighted by Crippen LogP contribution is -2.25. The van der Waals surface area contributed by atoms with Crippen molar-refractivity contribution < 1.29 is 14.6 Å². The van der Waals surface area contributed by atoms with Crippen LogP contribution in [0.2, 0.25) is 0 Å². The molecule has 6 nitrogen and oxygen atoms in total. The van der Waals surface area contributed by atoms with Gasteiger partial charge in [0.25, 0.3) is 5.91 Å². The van der Waals surface area contributed by atoms with Crippen LogP contribution in [0.3, 0.4) is 0 Å². The number of carbonyl (C=O) groups excluding carboxylic acids is 1. The quantitative estimate of drug-likeness (QED) is 0.472. The van der Waals surface area contributed by atoms with Gasteiger partial charge >= 0.3 is 0 Å². The highest BCUT2D eigenvalue weighted by Crippen LogP contribution is 2.23. The van der Waals surface area contributed by atoms with Crippen molar-refractivity contribution in [1.82, 2.24) is 5.43 Å². The Kier molecular flexibility index (Phi) is 5.34. The molecule has 0 saturated carbocycles. The SMILES string of the molecule is COc1ccc(/C=N\NC(=O)CNc2cccc3ccccc23)c(O)c1. The first kappa shape index (κ1) is 17.3. The van der Waals surface area contributed by atoms with Crippen LogP contribution in [-0.4, -0.2) is 30.9 Å². The third kappa shape index (κ3) is 4.10. The number of methoxy groups -OCH3 is 1. The smallest absolute Gasteiger partial charge is 0.259 e. The Morgan fingerprint density at radius 2 is 1.96 bits per heavy atom. The number of hydrogen-bond acceptors (Lipinski definition) is 5. The van der Waals surface area contributed by atoms with E-state index >= 15 is 0 Å². The second-order valence-corrected chi connectivity index (χ2v) is 5.60. The highest BCUT2D eigenvalue weighted by molar-refractivity contribution is 5.95. The average molecular weight is 349 g/mol. The molecule has 0 heterocycles. The number of hydrogen-bond donors (Lipinski definition) is 3. The minimum Gasteiger partial charge on any atom is -0.507 e. The maximum Gasteiger partial charge on any atom is 0.259 e. The Morgan fingerprint density at radius 1 is 1.15 bits per heavy atom. The van der Waals surface area contributed by atoms with Crippen LogP contribution in [0.1, 0.15) is 5.56 Å². The predicted molar refractivity (Wildman–Crippen MR) is 103 cm³/mol. The predicted octanol–water partition coefficient (Wildman–Crippen LogP) is 3.12. The molecule has 0 spiro atoms. The molecule has 1 amide bonds. The summed E-state index contributed by atoms with van der Waals surface area (Å²) in [6.07, 6.45) is 1.38. The number of benzene rings is 3. The highest BCUT2D eigenvalue weighted by Gasteiger charge is 2.04. The Bertz CT molecular complexity index is 949. The first-order valence-electron chi connectivity index (χ1n) is 8.08. The van der Waals surface area contributed by atoms with Gasteiger partial charge < -0.3 is 15.2 Å². The van der Waals surface area contributed by atoms with E-state index in [0.29, 0.717) is 11.3 Å². The summed E-state index contributed by atoms with van der Waals surface area (Å²) in [5.74, 6) is 0.279. The van der Waals surface area contributed by atoms with Crippen LogP contribution in [0.5, 0.6) is 11.5 Å². The van der Waals surface area contributed by atoms with Gasteiger partial charge in [0.05, 0.1) is 19.9 Å². The van der Waals surface area contributed by atoms with E-state index in [1.807, 2.05) is 42.5 Å². The maximum absolute atomic E-state index is 12.0. The Balaban J connectivity index is 1.57. The fourth-order valence-corrected chi connectivity index (χ4v) is 2.53. The number of phenols is 1. The van der Waals surface area contributed by atoms with Gasteiger partial charge in [0.15, 0.2) is 0 Å². The van der Waals surface area contributed by atoms with E-state index in [4.69, 9.17) is 4.74 Å². The number of nitrogens with one attached hydrogen (secondary N) is 2. The molecule has 26 heavy (non-hydrogen) atoms. The number of anilines is 1. The summed E-state index contributed by atoms with van der Waals surface area (Å²) in [5, 5.41) is 19.0. The molecule has 3 aromatic carbocycles. The number of ether oxygens (including phenoxy) is 1. The van der Waals surface area contributed by atoms with E-state index in [2.05, 4.69) is 15.8 Å². The number of nitrogens with zero attached hydrogens (tertiary/aromatic N) is 1. The van der Waals surface area contributed by atoms with Gasteiger partial charge in [0, 0.05) is 22.7 Å². The molecule has 3 N–H and O–H groups in total. The van der Waals surface area contributed by atoms with Crippen molar-refractivity contribution in [1.29, 1.82) is 0 Å². The van der Waals surface area contributed by atoms with Crippen LogP contribution < -0.4 is 15.5 Å². The maximum atomic E-state index is 12.0. The van der Waals surface area contributed by atoms with Gasteiger partial charge in [0.2, 0.25) is 0 Å². The second kappa shape index (κ2) is 8.02. The molecule has 0 aliphatic rings. The van der Waals surface area contributed by atoms with E-state index in [1.54, 1.807) is 12.1 Å². The molecule has 3 aromatic rings. The number of phenolic OH excluding ortho intramolecular Hbond substituents is 1. The summed E-state index contributed by atoms with van der Waals surface area (Å²) in [6, 6.07) is 18.7. The number of aromatic hydroxyl groups is 1. The Hall–Kier alpha value is -3.54. The van der Waals surface area contributed by atoms with Crippen molar-refractivity contribution in [3.63, 3.8) is 0 Å². The van der Waals surface area contributed by atoms with Crippen molar-refractivity contribution in [3.8, 4) is 11.5 Å². The molecule has 0 atom stereocenters. The van der Waals surface area contributed by atoms with Gasteiger partial charge in [-0.1, -0.05) is 36.4 Å². The molecule has 0 saturated heterocycles. The van der Waals surface area contributed by atoms with Crippen molar-refractivity contribution >= 4 is 28.6 Å². The summed E-state index contributed by atoms with van der Waals surface area (Å²) in [7, 11) is 1.52. The summed E-state index contributed by atoms with van der Waals surface area (Å²) >= 11 is 0. The topological polar surface area (TPSA) is 83.0 Å². The third-order valence-corrected chi connectivity index (χ3v) is 3.86. The molecular formula is C20H19N3O3. The van der Waals surface area contributed by atoms with Crippen LogP contribution in [0.25, 0.3) is 10.8 Å². The van der Waals surface area contributed by atoms with Crippen molar-refractivity contribution in [2.45, 2.75) is 0 Å². The molecule has 0 unspecified atom stereocenters. The monoisotopic (exact) mass is 349 g/mol. The van der Waals surface area contributed by atoms with Gasteiger partial charge in [-0.25, -0.2) is 5.43 Å². The zero-order chi connectivity index (χ0) is 18.4. The largest absolute Gasteiger partial charge is 0.507 e. The normalized spacial score (nSPS) is 10.8. The molecule has 132 valence electrons. The van der Waals surface area contributed by atoms with Gasteiger partial charge in [-0.3, -0.25) is 4.79 Å². The first-order valence-corrected chi connectivity index (χ1v) is 8.08. The third-order valence-electron chi connectivity index (χ3n) is 3.86. The molecular weight excluding hydrogens is 330 g/mol. The van der Waals surface area contributed by atoms with Crippen molar-refractivity contribution in [3.05, 3.63) is 66.2 Å². The van der Waals surface area contributed by atoms with Crippen molar-refractivity contribution in [2.24, 2.45) is 5.10 Å². The van der Waals surface area contributed by atoms with Gasteiger partial charge in [-0.05, 0) is 23.6 Å². The fourth-order valence-electron chi connectivity index (χ4n) is 2.53. The van der Waals surface area contributed by atoms with E-state index in [0.717, 1.165) is 16.5 Å². The van der Waals surface area contributed by atoms with E-state index in [1.165, 1.54) is 19.4 Å². The summed E-state index contributed by atoms with van der Waals surface area (Å²) in [6.45, 7) is 0.0833. The minimum atomic E-state index is -0.290. The lowest BCUT2D eigenvalue weighted by molar-refractivity contribution is -0.119. The number of carbonyl (C=O) groups is 1. The lowest BCUT2D eigenvalue weighted by Gasteiger charge is -2.08.